The first-order valence-corrected chi connectivity index (χ1v) is 12.6. The second-order valence-electron chi connectivity index (χ2n) is 8.35. The van der Waals surface area contributed by atoms with Crippen LogP contribution in [0.5, 0.6) is 0 Å². The lowest BCUT2D eigenvalue weighted by molar-refractivity contribution is -0.784. The number of aliphatic imine (C=N–C) groups is 1. The molecule has 1 saturated heterocycles. The third-order valence-electron chi connectivity index (χ3n) is 6.08. The molecule has 1 heterocycles. The van der Waals surface area contributed by atoms with Gasteiger partial charge in [0.1, 0.15) is 12.1 Å². The van der Waals surface area contributed by atoms with Gasteiger partial charge in [-0.05, 0) is 25.3 Å². The molecule has 3 amide bonds. The molecule has 32 heavy (non-hydrogen) atoms. The summed E-state index contributed by atoms with van der Waals surface area (Å²) in [7, 11) is -3.77. The number of nitrogens with zero attached hydrogens (tertiary/aromatic N) is 3. The van der Waals surface area contributed by atoms with E-state index >= 15 is 0 Å². The second-order valence-corrected chi connectivity index (χ2v) is 10.3. The number of benzene rings is 1. The Labute approximate surface area is 190 Å². The van der Waals surface area contributed by atoms with E-state index in [2.05, 4.69) is 4.99 Å². The van der Waals surface area contributed by atoms with Gasteiger partial charge in [0.25, 0.3) is 0 Å². The van der Waals surface area contributed by atoms with Crippen LogP contribution < -0.4 is 17.2 Å². The number of urea groups is 1. The lowest BCUT2D eigenvalue weighted by Gasteiger charge is -2.37. The maximum Gasteiger partial charge on any atom is 0.421 e. The Hall–Kier alpha value is -2.50. The molecule has 6 N–H and O–H groups in total. The van der Waals surface area contributed by atoms with E-state index < -0.39 is 32.5 Å². The first-order chi connectivity index (χ1) is 15.0. The number of likely N-dealkylation sites (tertiary alicyclic amines) is 1. The largest absolute Gasteiger partial charge is 0.421 e. The van der Waals surface area contributed by atoms with Crippen molar-refractivity contribution in [1.82, 2.24) is 4.31 Å². The van der Waals surface area contributed by atoms with Gasteiger partial charge in [-0.2, -0.15) is 8.79 Å². The molecule has 1 aliphatic heterocycles. The molecule has 0 aromatic heterocycles. The van der Waals surface area contributed by atoms with E-state index in [0.29, 0.717) is 32.2 Å². The zero-order valence-electron chi connectivity index (χ0n) is 18.8. The van der Waals surface area contributed by atoms with Crippen LogP contribution in [-0.2, 0) is 21.2 Å². The summed E-state index contributed by atoms with van der Waals surface area (Å²) in [5.41, 5.74) is 17.2. The molecule has 0 radical (unpaired) electrons. The molecule has 1 aliphatic rings. The van der Waals surface area contributed by atoms with Crippen molar-refractivity contribution in [2.75, 3.05) is 25.9 Å². The number of hydrogen-bond acceptors (Lipinski definition) is 5. The van der Waals surface area contributed by atoms with Crippen molar-refractivity contribution in [3.8, 4) is 0 Å². The average molecular weight is 468 g/mol. The van der Waals surface area contributed by atoms with E-state index in [9.17, 15) is 18.0 Å². The molecule has 0 spiro atoms. The number of nitrogens with two attached hydrogens (primary N) is 3. The highest BCUT2D eigenvalue weighted by atomic mass is 32.2. The molecule has 3 atom stereocenters. The number of imide groups is 1. The molecule has 1 aromatic rings. The molecule has 10 nitrogen and oxygen atoms in total. The van der Waals surface area contributed by atoms with Gasteiger partial charge in [0.05, 0.1) is 12.8 Å². The van der Waals surface area contributed by atoms with Gasteiger partial charge < -0.3 is 17.2 Å². The number of carbonyl (C=O) groups is 2. The number of primary amides is 1. The van der Waals surface area contributed by atoms with E-state index in [1.54, 1.807) is 0 Å². The smallest absolute Gasteiger partial charge is 0.370 e. The Kier molecular flexibility index (Phi) is 8.76. The summed E-state index contributed by atoms with van der Waals surface area (Å²) in [6.45, 7) is 2.56. The van der Waals surface area contributed by atoms with Gasteiger partial charge in [-0.25, -0.2) is 18.0 Å². The molecule has 1 fully saturated rings. The molecule has 1 unspecified atom stereocenters. The minimum absolute atomic E-state index is 0.0296. The third-order valence-corrected chi connectivity index (χ3v) is 7.37. The Balaban J connectivity index is 2.41. The van der Waals surface area contributed by atoms with Crippen LogP contribution in [-0.4, -0.2) is 73.1 Å². The van der Waals surface area contributed by atoms with Gasteiger partial charge >= 0.3 is 11.9 Å². The van der Waals surface area contributed by atoms with Gasteiger partial charge in [-0.15, -0.1) is 0 Å². The van der Waals surface area contributed by atoms with Crippen LogP contribution >= 0.6 is 0 Å². The summed E-state index contributed by atoms with van der Waals surface area (Å²) in [5.74, 6) is -0.501. The zero-order valence-corrected chi connectivity index (χ0v) is 19.6. The van der Waals surface area contributed by atoms with E-state index in [1.807, 2.05) is 37.3 Å². The van der Waals surface area contributed by atoms with Crippen LogP contribution in [0.15, 0.2) is 35.3 Å². The third kappa shape index (κ3) is 6.05. The normalized spacial score (nSPS) is 21.9. The highest BCUT2D eigenvalue weighted by Gasteiger charge is 2.55. The number of rotatable bonds is 10. The molecule has 11 heteroatoms. The van der Waals surface area contributed by atoms with Crippen molar-refractivity contribution < 1.29 is 22.5 Å². The standard InChI is InChI=1S/C21H34N6O4S/c1-16-9-8-14-27(16,21(24)29)19(28)18(15-17-10-4-3-5-11-17)26(32(2,30)31)13-7-6-12-25-20(22)23/h3-5,10-11,16,18H,6-9,12-15H2,1-2H3,(H5-,22,23,24,25,29)/p+1/t16-,18-,27?/m1/s1. The van der Waals surface area contributed by atoms with Crippen molar-refractivity contribution in [2.45, 2.75) is 51.1 Å². The minimum atomic E-state index is -3.77. The van der Waals surface area contributed by atoms with Crippen LogP contribution in [0.25, 0.3) is 0 Å². The van der Waals surface area contributed by atoms with Gasteiger partial charge in [-0.3, -0.25) is 4.99 Å². The lowest BCUT2D eigenvalue weighted by Crippen LogP contribution is -2.67. The quantitative estimate of drug-likeness (QED) is 0.197. The number of guanidine groups is 1. The molecule has 2 rings (SSSR count). The monoisotopic (exact) mass is 467 g/mol. The van der Waals surface area contributed by atoms with Crippen LogP contribution in [0.3, 0.4) is 0 Å². The van der Waals surface area contributed by atoms with E-state index in [4.69, 9.17) is 17.2 Å². The second kappa shape index (κ2) is 10.9. The predicted octanol–water partition coefficient (Wildman–Crippen LogP) is 0.517. The fourth-order valence-corrected chi connectivity index (χ4v) is 5.48. The summed E-state index contributed by atoms with van der Waals surface area (Å²) in [6, 6.07) is 7.08. The molecular formula is C21H35N6O4S+. The number of unbranched alkanes of at least 4 members (excludes halogenated alkanes) is 1. The van der Waals surface area contributed by atoms with Crippen molar-refractivity contribution >= 4 is 27.9 Å². The van der Waals surface area contributed by atoms with E-state index in [0.717, 1.165) is 11.8 Å². The molecule has 0 aliphatic carbocycles. The van der Waals surface area contributed by atoms with Crippen LogP contribution in [0.1, 0.15) is 38.2 Å². The van der Waals surface area contributed by atoms with Crippen LogP contribution in [0.2, 0.25) is 0 Å². The zero-order chi connectivity index (χ0) is 23.9. The highest BCUT2D eigenvalue weighted by molar-refractivity contribution is 7.88. The summed E-state index contributed by atoms with van der Waals surface area (Å²) in [5, 5.41) is 0. The molecule has 0 saturated carbocycles. The number of sulfonamides is 1. The van der Waals surface area contributed by atoms with Gasteiger partial charge in [-0.1, -0.05) is 30.3 Å². The number of carbonyl (C=O) groups excluding carboxylic acids is 2. The summed E-state index contributed by atoms with van der Waals surface area (Å²) in [4.78, 5) is 30.3. The minimum Gasteiger partial charge on any atom is -0.370 e. The first-order valence-electron chi connectivity index (χ1n) is 10.8. The number of quaternary nitrogens is 1. The SMILES string of the molecule is C[C@@H]1CCC[N+]1(C(N)=O)C(=O)[C@@H](Cc1ccccc1)N(CCCCN=C(N)N)S(C)(=O)=O. The molecule has 0 bridgehead atoms. The van der Waals surface area contributed by atoms with Crippen LogP contribution in [0.4, 0.5) is 4.79 Å². The summed E-state index contributed by atoms with van der Waals surface area (Å²) in [6.07, 6.45) is 3.57. The van der Waals surface area contributed by atoms with Gasteiger partial charge in [0.2, 0.25) is 10.0 Å². The van der Waals surface area contributed by atoms with Gasteiger partial charge in [0.15, 0.2) is 5.96 Å². The topological polar surface area (TPSA) is 162 Å². The fraction of sp³-hybridized carbons (Fsp3) is 0.571. The maximum atomic E-state index is 13.9. The van der Waals surface area contributed by atoms with Gasteiger partial charge in [0, 0.05) is 32.4 Å². The van der Waals surface area contributed by atoms with E-state index in [-0.39, 0.29) is 31.5 Å². The predicted molar refractivity (Wildman–Crippen MR) is 124 cm³/mol. The van der Waals surface area contributed by atoms with E-state index in [1.165, 1.54) is 4.31 Å². The summed E-state index contributed by atoms with van der Waals surface area (Å²) >= 11 is 0. The molecule has 178 valence electrons. The van der Waals surface area contributed by atoms with Crippen LogP contribution in [0, 0.1) is 0 Å². The molecule has 1 aromatic carbocycles. The van der Waals surface area contributed by atoms with Crippen molar-refractivity contribution in [3.63, 3.8) is 0 Å². The Morgan fingerprint density at radius 2 is 1.84 bits per heavy atom. The maximum absolute atomic E-state index is 13.9. The number of hydrogen-bond donors (Lipinski definition) is 3. The Morgan fingerprint density at radius 3 is 2.34 bits per heavy atom. The fourth-order valence-electron chi connectivity index (χ4n) is 4.40. The first kappa shape index (κ1) is 25.8. The Bertz CT molecular complexity index is 933. The van der Waals surface area contributed by atoms with Crippen molar-refractivity contribution in [3.05, 3.63) is 35.9 Å². The Morgan fingerprint density at radius 1 is 1.19 bits per heavy atom. The lowest BCUT2D eigenvalue weighted by atomic mass is 10.0. The van der Waals surface area contributed by atoms with Crippen molar-refractivity contribution in [2.24, 2.45) is 22.2 Å². The average Bonchev–Trinajstić information content (AvgIpc) is 3.11. The molecular weight excluding hydrogens is 432 g/mol. The summed E-state index contributed by atoms with van der Waals surface area (Å²) < 4.78 is 26.3. The van der Waals surface area contributed by atoms with Crippen molar-refractivity contribution in [1.29, 1.82) is 0 Å². The highest BCUT2D eigenvalue weighted by Crippen LogP contribution is 2.31. The number of amides is 3.